The molecule has 7 heteroatoms. The highest BCUT2D eigenvalue weighted by Crippen LogP contribution is 2.35. The zero-order valence-electron chi connectivity index (χ0n) is 13.8. The highest BCUT2D eigenvalue weighted by Gasteiger charge is 2.42. The summed E-state index contributed by atoms with van der Waals surface area (Å²) in [5.74, 6) is -0.0609. The zero-order chi connectivity index (χ0) is 17.4. The maximum absolute atomic E-state index is 12.5. The summed E-state index contributed by atoms with van der Waals surface area (Å²) in [5.41, 5.74) is 2.06. The lowest BCUT2D eigenvalue weighted by atomic mass is 10.0. The van der Waals surface area contributed by atoms with Crippen molar-refractivity contribution in [2.75, 3.05) is 18.0 Å². The number of anilines is 1. The number of pyridine rings is 1. The average molecular weight is 337 g/mol. The molecule has 1 aliphatic carbocycles. The number of carbonyl (C=O) groups is 1. The Morgan fingerprint density at radius 2 is 2.12 bits per heavy atom. The summed E-state index contributed by atoms with van der Waals surface area (Å²) in [5, 5.41) is 0. The SMILES string of the molecule is C=CC(=O)N1CC(N(c2cc(-c3cnccn3)c[nH]c2=O)C2CC2)C1. The van der Waals surface area contributed by atoms with Gasteiger partial charge >= 0.3 is 0 Å². The van der Waals surface area contributed by atoms with E-state index in [0.29, 0.717) is 30.5 Å². The summed E-state index contributed by atoms with van der Waals surface area (Å²) in [6.45, 7) is 4.77. The van der Waals surface area contributed by atoms with E-state index >= 15 is 0 Å². The van der Waals surface area contributed by atoms with E-state index in [0.717, 1.165) is 18.4 Å². The second kappa shape index (κ2) is 6.16. The molecular weight excluding hydrogens is 318 g/mol. The summed E-state index contributed by atoms with van der Waals surface area (Å²) in [4.78, 5) is 39.3. The van der Waals surface area contributed by atoms with E-state index in [2.05, 4.69) is 26.4 Å². The van der Waals surface area contributed by atoms with Crippen molar-refractivity contribution in [1.29, 1.82) is 0 Å². The van der Waals surface area contributed by atoms with Crippen LogP contribution in [0.15, 0.2) is 48.3 Å². The molecule has 1 aliphatic heterocycles. The van der Waals surface area contributed by atoms with Crippen molar-refractivity contribution in [3.8, 4) is 11.3 Å². The zero-order valence-corrected chi connectivity index (χ0v) is 13.8. The summed E-state index contributed by atoms with van der Waals surface area (Å²) < 4.78 is 0. The minimum absolute atomic E-state index is 0.0609. The summed E-state index contributed by atoms with van der Waals surface area (Å²) >= 11 is 0. The Bertz CT molecular complexity index is 853. The molecule has 2 fully saturated rings. The van der Waals surface area contributed by atoms with Crippen LogP contribution in [-0.2, 0) is 4.79 Å². The Balaban J connectivity index is 1.63. The molecule has 0 spiro atoms. The number of likely N-dealkylation sites (tertiary alicyclic amines) is 1. The topological polar surface area (TPSA) is 82.2 Å². The van der Waals surface area contributed by atoms with Crippen molar-refractivity contribution in [3.05, 3.63) is 53.9 Å². The van der Waals surface area contributed by atoms with Crippen molar-refractivity contribution < 1.29 is 4.79 Å². The minimum Gasteiger partial charge on any atom is -0.358 e. The molecule has 4 rings (SSSR count). The minimum atomic E-state index is -0.118. The fourth-order valence-corrected chi connectivity index (χ4v) is 3.24. The average Bonchev–Trinajstić information content (AvgIpc) is 3.43. The lowest BCUT2D eigenvalue weighted by Gasteiger charge is -2.46. The monoisotopic (exact) mass is 337 g/mol. The van der Waals surface area contributed by atoms with Crippen molar-refractivity contribution in [2.45, 2.75) is 24.9 Å². The van der Waals surface area contributed by atoms with Crippen LogP contribution < -0.4 is 10.5 Å². The first kappa shape index (κ1) is 15.6. The largest absolute Gasteiger partial charge is 0.358 e. The van der Waals surface area contributed by atoms with Crippen molar-refractivity contribution in [3.63, 3.8) is 0 Å². The number of hydrogen-bond acceptors (Lipinski definition) is 5. The van der Waals surface area contributed by atoms with Gasteiger partial charge in [-0.2, -0.15) is 0 Å². The highest BCUT2D eigenvalue weighted by atomic mass is 16.2. The second-order valence-electron chi connectivity index (χ2n) is 6.43. The van der Waals surface area contributed by atoms with Gasteiger partial charge in [0.05, 0.1) is 17.9 Å². The number of carbonyl (C=O) groups excluding carboxylic acids is 1. The van der Waals surface area contributed by atoms with Gasteiger partial charge in [0.15, 0.2) is 0 Å². The molecule has 25 heavy (non-hydrogen) atoms. The van der Waals surface area contributed by atoms with Gasteiger partial charge < -0.3 is 14.8 Å². The number of aromatic amines is 1. The molecule has 1 amide bonds. The van der Waals surface area contributed by atoms with Crippen LogP contribution in [0.25, 0.3) is 11.3 Å². The molecule has 3 heterocycles. The van der Waals surface area contributed by atoms with Crippen LogP contribution in [0.5, 0.6) is 0 Å². The van der Waals surface area contributed by atoms with Gasteiger partial charge in [0.2, 0.25) is 5.91 Å². The molecule has 1 saturated carbocycles. The number of amides is 1. The maximum atomic E-state index is 12.5. The normalized spacial score (nSPS) is 17.0. The summed E-state index contributed by atoms with van der Waals surface area (Å²) in [6.07, 6.45) is 10.1. The molecule has 128 valence electrons. The molecule has 1 N–H and O–H groups in total. The van der Waals surface area contributed by atoms with Crippen LogP contribution in [0.2, 0.25) is 0 Å². The molecule has 2 aromatic rings. The Morgan fingerprint density at radius 3 is 2.76 bits per heavy atom. The van der Waals surface area contributed by atoms with Gasteiger partial charge in [0.25, 0.3) is 5.56 Å². The van der Waals surface area contributed by atoms with Crippen LogP contribution in [-0.4, -0.2) is 50.9 Å². The van der Waals surface area contributed by atoms with Gasteiger partial charge in [-0.3, -0.25) is 19.6 Å². The Kier molecular flexibility index (Phi) is 3.83. The van der Waals surface area contributed by atoms with Gasteiger partial charge in [-0.1, -0.05) is 6.58 Å². The first-order valence-electron chi connectivity index (χ1n) is 8.36. The third-order valence-corrected chi connectivity index (χ3v) is 4.70. The van der Waals surface area contributed by atoms with Crippen LogP contribution in [0, 0.1) is 0 Å². The molecule has 0 atom stereocenters. The molecule has 0 aromatic carbocycles. The predicted octanol–water partition coefficient (Wildman–Crippen LogP) is 1.20. The van der Waals surface area contributed by atoms with E-state index < -0.39 is 0 Å². The third-order valence-electron chi connectivity index (χ3n) is 4.70. The fourth-order valence-electron chi connectivity index (χ4n) is 3.24. The van der Waals surface area contributed by atoms with Gasteiger partial charge in [-0.05, 0) is 25.0 Å². The number of H-pyrrole nitrogens is 1. The van der Waals surface area contributed by atoms with E-state index in [1.165, 1.54) is 6.08 Å². The van der Waals surface area contributed by atoms with Gasteiger partial charge in [-0.25, -0.2) is 0 Å². The Labute approximate surface area is 145 Å². The number of nitrogens with one attached hydrogen (secondary N) is 1. The van der Waals surface area contributed by atoms with Crippen molar-refractivity contribution >= 4 is 11.6 Å². The van der Waals surface area contributed by atoms with E-state index in [-0.39, 0.29) is 17.5 Å². The van der Waals surface area contributed by atoms with Crippen LogP contribution in [0.1, 0.15) is 12.8 Å². The molecule has 0 radical (unpaired) electrons. The molecule has 2 aliphatic rings. The van der Waals surface area contributed by atoms with Gasteiger partial charge in [0, 0.05) is 43.3 Å². The number of nitrogens with zero attached hydrogens (tertiary/aromatic N) is 4. The lowest BCUT2D eigenvalue weighted by Crippen LogP contribution is -2.62. The first-order valence-corrected chi connectivity index (χ1v) is 8.36. The number of aromatic nitrogens is 3. The second-order valence-corrected chi connectivity index (χ2v) is 6.43. The van der Waals surface area contributed by atoms with Crippen LogP contribution in [0.3, 0.4) is 0 Å². The van der Waals surface area contributed by atoms with E-state index in [1.807, 2.05) is 6.07 Å². The summed E-state index contributed by atoms with van der Waals surface area (Å²) in [6, 6.07) is 2.40. The van der Waals surface area contributed by atoms with Gasteiger partial charge in [0.1, 0.15) is 5.69 Å². The maximum Gasteiger partial charge on any atom is 0.271 e. The molecule has 0 bridgehead atoms. The molecule has 0 unspecified atom stereocenters. The molecular formula is C18H19N5O2. The standard InChI is InChI=1S/C18H19N5O2/c1-2-17(24)22-10-14(11-22)23(13-3-4-13)16-7-12(8-21-18(16)25)15-9-19-5-6-20-15/h2,5-9,13-14H,1,3-4,10-11H2,(H,21,25). The van der Waals surface area contributed by atoms with Crippen molar-refractivity contribution in [1.82, 2.24) is 19.9 Å². The number of hydrogen-bond donors (Lipinski definition) is 1. The number of rotatable bonds is 5. The predicted molar refractivity (Wildman–Crippen MR) is 94.2 cm³/mol. The quantitative estimate of drug-likeness (QED) is 0.829. The van der Waals surface area contributed by atoms with Crippen LogP contribution in [0.4, 0.5) is 5.69 Å². The molecule has 1 saturated heterocycles. The van der Waals surface area contributed by atoms with Crippen molar-refractivity contribution in [2.24, 2.45) is 0 Å². The fraction of sp³-hybridized carbons (Fsp3) is 0.333. The Hall–Kier alpha value is -2.96. The Morgan fingerprint density at radius 1 is 1.32 bits per heavy atom. The van der Waals surface area contributed by atoms with E-state index in [1.54, 1.807) is 29.7 Å². The van der Waals surface area contributed by atoms with Gasteiger partial charge in [-0.15, -0.1) is 0 Å². The van der Waals surface area contributed by atoms with Crippen LogP contribution >= 0.6 is 0 Å². The summed E-state index contributed by atoms with van der Waals surface area (Å²) in [7, 11) is 0. The highest BCUT2D eigenvalue weighted by molar-refractivity contribution is 5.88. The molecule has 2 aromatic heterocycles. The van der Waals surface area contributed by atoms with E-state index in [4.69, 9.17) is 0 Å². The smallest absolute Gasteiger partial charge is 0.271 e. The third kappa shape index (κ3) is 2.93. The lowest BCUT2D eigenvalue weighted by molar-refractivity contribution is -0.130. The molecule has 7 nitrogen and oxygen atoms in total. The van der Waals surface area contributed by atoms with E-state index in [9.17, 15) is 9.59 Å². The first-order chi connectivity index (χ1) is 12.2.